The molecule has 0 bridgehead atoms. The molecule has 2 aromatic heterocycles. The average Bonchev–Trinajstić information content (AvgIpc) is 3.36. The maximum atomic E-state index is 13.8. The SMILES string of the molecule is Cn1ccnc1C(NC(=O)Cc1cnn(-c2ccccc2)c1)c1cccc(F)c1. The van der Waals surface area contributed by atoms with Gasteiger partial charge >= 0.3 is 0 Å². The Balaban J connectivity index is 1.53. The summed E-state index contributed by atoms with van der Waals surface area (Å²) in [6.45, 7) is 0. The number of carbonyl (C=O) groups excluding carboxylic acids is 1. The molecular formula is C22H20FN5O. The molecule has 146 valence electrons. The molecule has 4 rings (SSSR count). The summed E-state index contributed by atoms with van der Waals surface area (Å²) in [4.78, 5) is 17.1. The number of halogens is 1. The summed E-state index contributed by atoms with van der Waals surface area (Å²) in [5.74, 6) is 0.0684. The number of hydrogen-bond donors (Lipinski definition) is 1. The molecule has 0 radical (unpaired) electrons. The highest BCUT2D eigenvalue weighted by molar-refractivity contribution is 5.79. The molecule has 0 spiro atoms. The van der Waals surface area contributed by atoms with Gasteiger partial charge in [0.25, 0.3) is 0 Å². The number of amides is 1. The Morgan fingerprint density at radius 2 is 2.00 bits per heavy atom. The first-order valence-electron chi connectivity index (χ1n) is 9.21. The largest absolute Gasteiger partial charge is 0.342 e. The van der Waals surface area contributed by atoms with E-state index in [1.165, 1.54) is 12.1 Å². The number of hydrogen-bond acceptors (Lipinski definition) is 3. The number of rotatable bonds is 6. The minimum absolute atomic E-state index is 0.156. The van der Waals surface area contributed by atoms with E-state index in [9.17, 15) is 9.18 Å². The van der Waals surface area contributed by atoms with Crippen molar-refractivity contribution in [1.29, 1.82) is 0 Å². The zero-order chi connectivity index (χ0) is 20.2. The van der Waals surface area contributed by atoms with E-state index in [1.807, 2.05) is 48.1 Å². The highest BCUT2D eigenvalue weighted by atomic mass is 19.1. The van der Waals surface area contributed by atoms with Gasteiger partial charge in [-0.3, -0.25) is 4.79 Å². The number of nitrogens with zero attached hydrogens (tertiary/aromatic N) is 4. The molecule has 0 saturated heterocycles. The van der Waals surface area contributed by atoms with Crippen LogP contribution in [0.5, 0.6) is 0 Å². The summed E-state index contributed by atoms with van der Waals surface area (Å²) in [5, 5.41) is 7.30. The fourth-order valence-electron chi connectivity index (χ4n) is 3.21. The molecule has 1 amide bonds. The van der Waals surface area contributed by atoms with Crippen LogP contribution >= 0.6 is 0 Å². The minimum atomic E-state index is -0.553. The van der Waals surface area contributed by atoms with E-state index >= 15 is 0 Å². The van der Waals surface area contributed by atoms with Crippen LogP contribution in [0, 0.1) is 5.82 Å². The third kappa shape index (κ3) is 4.24. The van der Waals surface area contributed by atoms with E-state index in [4.69, 9.17) is 0 Å². The zero-order valence-electron chi connectivity index (χ0n) is 15.9. The molecule has 1 atom stereocenters. The second kappa shape index (κ2) is 8.10. The Morgan fingerprint density at radius 3 is 2.72 bits per heavy atom. The normalized spacial score (nSPS) is 11.9. The molecule has 0 saturated carbocycles. The highest BCUT2D eigenvalue weighted by Crippen LogP contribution is 2.21. The smallest absolute Gasteiger partial charge is 0.225 e. The molecule has 7 heteroatoms. The third-order valence-corrected chi connectivity index (χ3v) is 4.63. The van der Waals surface area contributed by atoms with Crippen molar-refractivity contribution < 1.29 is 9.18 Å². The summed E-state index contributed by atoms with van der Waals surface area (Å²) >= 11 is 0. The van der Waals surface area contributed by atoms with Gasteiger partial charge in [-0.25, -0.2) is 14.1 Å². The number of benzene rings is 2. The van der Waals surface area contributed by atoms with Crippen molar-refractivity contribution in [3.8, 4) is 5.69 Å². The van der Waals surface area contributed by atoms with Crippen LogP contribution in [-0.4, -0.2) is 25.2 Å². The second-order valence-corrected chi connectivity index (χ2v) is 6.76. The van der Waals surface area contributed by atoms with Gasteiger partial charge in [0.2, 0.25) is 5.91 Å². The van der Waals surface area contributed by atoms with Crippen LogP contribution in [0.1, 0.15) is 23.0 Å². The molecule has 4 aromatic rings. The van der Waals surface area contributed by atoms with E-state index in [0.717, 1.165) is 11.3 Å². The van der Waals surface area contributed by atoms with Crippen molar-refractivity contribution in [2.24, 2.45) is 7.05 Å². The van der Waals surface area contributed by atoms with Crippen LogP contribution in [0.3, 0.4) is 0 Å². The predicted molar refractivity (Wildman–Crippen MR) is 107 cm³/mol. The standard InChI is InChI=1S/C22H20FN5O/c1-27-11-10-24-22(27)21(17-6-5-7-18(23)13-17)26-20(29)12-16-14-25-28(15-16)19-8-3-2-4-9-19/h2-11,13-15,21H,12H2,1H3,(H,26,29). The number of imidazole rings is 1. The van der Waals surface area contributed by atoms with Gasteiger partial charge in [-0.05, 0) is 35.4 Å². The van der Waals surface area contributed by atoms with E-state index < -0.39 is 6.04 Å². The van der Waals surface area contributed by atoms with Crippen LogP contribution in [0.25, 0.3) is 5.69 Å². The number of carbonyl (C=O) groups is 1. The first-order chi connectivity index (χ1) is 14.1. The molecule has 0 aliphatic rings. The Hall–Kier alpha value is -3.74. The zero-order valence-corrected chi connectivity index (χ0v) is 15.9. The van der Waals surface area contributed by atoms with Crippen molar-refractivity contribution in [3.63, 3.8) is 0 Å². The maximum Gasteiger partial charge on any atom is 0.225 e. The van der Waals surface area contributed by atoms with Crippen molar-refractivity contribution >= 4 is 5.91 Å². The lowest BCUT2D eigenvalue weighted by Gasteiger charge is -2.19. The predicted octanol–water partition coefficient (Wildman–Crippen LogP) is 3.19. The van der Waals surface area contributed by atoms with Gasteiger partial charge in [-0.1, -0.05) is 30.3 Å². The van der Waals surface area contributed by atoms with Gasteiger partial charge in [0, 0.05) is 25.6 Å². The Morgan fingerprint density at radius 1 is 1.17 bits per heavy atom. The molecule has 6 nitrogen and oxygen atoms in total. The molecule has 2 aromatic carbocycles. The lowest BCUT2D eigenvalue weighted by molar-refractivity contribution is -0.121. The quantitative estimate of drug-likeness (QED) is 0.551. The van der Waals surface area contributed by atoms with E-state index in [1.54, 1.807) is 35.4 Å². The van der Waals surface area contributed by atoms with Crippen molar-refractivity contribution in [2.45, 2.75) is 12.5 Å². The van der Waals surface area contributed by atoms with E-state index in [2.05, 4.69) is 15.4 Å². The molecule has 2 heterocycles. The Kier molecular flexibility index (Phi) is 5.20. The number of aryl methyl sites for hydroxylation is 1. The van der Waals surface area contributed by atoms with Gasteiger partial charge in [0.15, 0.2) is 0 Å². The van der Waals surface area contributed by atoms with E-state index in [-0.39, 0.29) is 18.1 Å². The van der Waals surface area contributed by atoms with Crippen LogP contribution in [-0.2, 0) is 18.3 Å². The molecule has 1 N–H and O–H groups in total. The summed E-state index contributed by atoms with van der Waals surface area (Å²) < 4.78 is 17.3. The molecule has 1 unspecified atom stereocenters. The topological polar surface area (TPSA) is 64.7 Å². The highest BCUT2D eigenvalue weighted by Gasteiger charge is 2.21. The number of aromatic nitrogens is 4. The van der Waals surface area contributed by atoms with Gasteiger partial charge < -0.3 is 9.88 Å². The van der Waals surface area contributed by atoms with Gasteiger partial charge in [-0.2, -0.15) is 5.10 Å². The monoisotopic (exact) mass is 389 g/mol. The molecular weight excluding hydrogens is 369 g/mol. The fraction of sp³-hybridized carbons (Fsp3) is 0.136. The lowest BCUT2D eigenvalue weighted by Crippen LogP contribution is -2.32. The molecule has 0 aliphatic heterocycles. The summed E-state index contributed by atoms with van der Waals surface area (Å²) in [7, 11) is 1.84. The van der Waals surface area contributed by atoms with Crippen LogP contribution in [0.4, 0.5) is 4.39 Å². The number of para-hydroxylation sites is 1. The maximum absolute atomic E-state index is 13.8. The van der Waals surface area contributed by atoms with Crippen molar-refractivity contribution in [1.82, 2.24) is 24.6 Å². The summed E-state index contributed by atoms with van der Waals surface area (Å²) in [6, 6.07) is 15.3. The molecule has 29 heavy (non-hydrogen) atoms. The average molecular weight is 389 g/mol. The van der Waals surface area contributed by atoms with Crippen LogP contribution in [0.15, 0.2) is 79.4 Å². The first kappa shape index (κ1) is 18.6. The lowest BCUT2D eigenvalue weighted by atomic mass is 10.1. The number of nitrogens with one attached hydrogen (secondary N) is 1. The van der Waals surface area contributed by atoms with Crippen molar-refractivity contribution in [3.05, 3.63) is 102 Å². The fourth-order valence-corrected chi connectivity index (χ4v) is 3.21. The molecule has 0 fully saturated rings. The Labute approximate surface area is 167 Å². The summed E-state index contributed by atoms with van der Waals surface area (Å²) in [6.07, 6.45) is 7.09. The summed E-state index contributed by atoms with van der Waals surface area (Å²) in [5.41, 5.74) is 2.33. The third-order valence-electron chi connectivity index (χ3n) is 4.63. The second-order valence-electron chi connectivity index (χ2n) is 6.76. The first-order valence-corrected chi connectivity index (χ1v) is 9.21. The Bertz CT molecular complexity index is 1120. The molecule has 0 aliphatic carbocycles. The van der Waals surface area contributed by atoms with Crippen LogP contribution < -0.4 is 5.32 Å². The van der Waals surface area contributed by atoms with Gasteiger partial charge in [0.1, 0.15) is 17.7 Å². The van der Waals surface area contributed by atoms with Crippen LogP contribution in [0.2, 0.25) is 0 Å². The van der Waals surface area contributed by atoms with Gasteiger partial charge in [0.05, 0.1) is 18.3 Å². The van der Waals surface area contributed by atoms with E-state index in [0.29, 0.717) is 11.4 Å². The van der Waals surface area contributed by atoms with Gasteiger partial charge in [-0.15, -0.1) is 0 Å². The van der Waals surface area contributed by atoms with Crippen molar-refractivity contribution in [2.75, 3.05) is 0 Å². The minimum Gasteiger partial charge on any atom is -0.342 e.